The minimum absolute atomic E-state index is 0.116. The fraction of sp³-hybridized carbons (Fsp3) is 0.440. The molecule has 0 bridgehead atoms. The zero-order chi connectivity index (χ0) is 24.7. The summed E-state index contributed by atoms with van der Waals surface area (Å²) < 4.78 is 59.7. The van der Waals surface area contributed by atoms with Crippen LogP contribution in [0.15, 0.2) is 30.3 Å². The van der Waals surface area contributed by atoms with Gasteiger partial charge in [0.25, 0.3) is 5.92 Å². The second-order valence-electron chi connectivity index (χ2n) is 8.82. The van der Waals surface area contributed by atoms with Crippen molar-refractivity contribution in [2.75, 3.05) is 26.1 Å². The van der Waals surface area contributed by atoms with Crippen molar-refractivity contribution < 1.29 is 27.4 Å². The molecule has 6 nitrogen and oxygen atoms in total. The van der Waals surface area contributed by atoms with E-state index < -0.39 is 28.9 Å². The molecule has 1 heterocycles. The molecule has 1 aliphatic rings. The van der Waals surface area contributed by atoms with Crippen molar-refractivity contribution in [3.8, 4) is 11.5 Å². The van der Waals surface area contributed by atoms with E-state index in [0.717, 1.165) is 18.9 Å². The van der Waals surface area contributed by atoms with Gasteiger partial charge in [0.2, 0.25) is 0 Å². The van der Waals surface area contributed by atoms with E-state index in [1.807, 2.05) is 0 Å². The van der Waals surface area contributed by atoms with Gasteiger partial charge in [-0.1, -0.05) is 18.2 Å². The van der Waals surface area contributed by atoms with E-state index in [4.69, 9.17) is 14.2 Å². The minimum Gasteiger partial charge on any atom is -0.493 e. The predicted molar refractivity (Wildman–Crippen MR) is 123 cm³/mol. The number of nitrogens with zero attached hydrogens (tertiary/aromatic N) is 2. The second kappa shape index (κ2) is 8.94. The molecule has 9 heteroatoms. The molecule has 1 atom stereocenters. The first-order valence-corrected chi connectivity index (χ1v) is 11.0. The van der Waals surface area contributed by atoms with E-state index in [2.05, 4.69) is 15.3 Å². The van der Waals surface area contributed by atoms with Crippen LogP contribution in [0.3, 0.4) is 0 Å². The zero-order valence-electron chi connectivity index (χ0n) is 19.8. The van der Waals surface area contributed by atoms with Gasteiger partial charge in [-0.3, -0.25) is 0 Å². The van der Waals surface area contributed by atoms with Crippen LogP contribution in [0.25, 0.3) is 10.9 Å². The maximum absolute atomic E-state index is 14.9. The van der Waals surface area contributed by atoms with Crippen LogP contribution in [0.1, 0.15) is 49.7 Å². The smallest absolute Gasteiger partial charge is 0.273 e. The molecule has 0 spiro atoms. The summed E-state index contributed by atoms with van der Waals surface area (Å²) in [7, 11) is 3.18. The molecule has 1 aliphatic carbocycles. The van der Waals surface area contributed by atoms with Crippen molar-refractivity contribution in [2.24, 2.45) is 0 Å². The number of benzene rings is 2. The molecule has 1 fully saturated rings. The van der Waals surface area contributed by atoms with E-state index >= 15 is 0 Å². The van der Waals surface area contributed by atoms with Crippen LogP contribution in [-0.2, 0) is 10.7 Å². The summed E-state index contributed by atoms with van der Waals surface area (Å²) in [5.41, 5.74) is -0.310. The molecule has 0 radical (unpaired) electrons. The highest BCUT2D eigenvalue weighted by Gasteiger charge is 2.46. The highest BCUT2D eigenvalue weighted by molar-refractivity contribution is 5.92. The number of alkyl halides is 2. The lowest BCUT2D eigenvalue weighted by molar-refractivity contribution is 0.0136. The topological polar surface area (TPSA) is 65.5 Å². The highest BCUT2D eigenvalue weighted by Crippen LogP contribution is 2.45. The fourth-order valence-corrected chi connectivity index (χ4v) is 4.02. The molecule has 1 saturated carbocycles. The minimum atomic E-state index is -3.29. The maximum Gasteiger partial charge on any atom is 0.273 e. The normalized spacial score (nSPS) is 15.8. The Morgan fingerprint density at radius 1 is 1.15 bits per heavy atom. The Kier molecular flexibility index (Phi) is 6.33. The van der Waals surface area contributed by atoms with Gasteiger partial charge in [0.1, 0.15) is 23.1 Å². The van der Waals surface area contributed by atoms with Crippen LogP contribution < -0.4 is 14.8 Å². The quantitative estimate of drug-likeness (QED) is 0.414. The molecule has 0 aliphatic heterocycles. The van der Waals surface area contributed by atoms with Gasteiger partial charge in [-0.05, 0) is 32.8 Å². The third-order valence-corrected chi connectivity index (χ3v) is 5.96. The number of rotatable bonds is 9. The Balaban J connectivity index is 1.73. The molecule has 1 N–H and O–H groups in total. The monoisotopic (exact) mass is 475 g/mol. The van der Waals surface area contributed by atoms with Crippen LogP contribution in [0, 0.1) is 12.7 Å². The molecule has 182 valence electrons. The summed E-state index contributed by atoms with van der Waals surface area (Å²) in [5, 5.41) is 3.81. The van der Waals surface area contributed by atoms with Gasteiger partial charge in [0.05, 0.1) is 30.8 Å². The average Bonchev–Trinajstić information content (AvgIpc) is 3.52. The van der Waals surface area contributed by atoms with Crippen molar-refractivity contribution >= 4 is 16.7 Å². The molecular formula is C25H28F3N3O3. The number of nitrogens with one attached hydrogen (secondary N) is 1. The van der Waals surface area contributed by atoms with Gasteiger partial charge < -0.3 is 19.5 Å². The summed E-state index contributed by atoms with van der Waals surface area (Å²) >= 11 is 0. The lowest BCUT2D eigenvalue weighted by atomic mass is 10.0. The first kappa shape index (κ1) is 24.1. The van der Waals surface area contributed by atoms with Crippen LogP contribution in [0.4, 0.5) is 19.0 Å². The van der Waals surface area contributed by atoms with Crippen molar-refractivity contribution in [3.05, 3.63) is 53.1 Å². The van der Waals surface area contributed by atoms with E-state index in [0.29, 0.717) is 47.6 Å². The van der Waals surface area contributed by atoms with Crippen LogP contribution in [0.5, 0.6) is 11.5 Å². The molecular weight excluding hydrogens is 447 g/mol. The molecule has 34 heavy (non-hydrogen) atoms. The number of hydrogen-bond donors (Lipinski definition) is 1. The number of anilines is 1. The lowest BCUT2D eigenvalue weighted by Crippen LogP contribution is -2.24. The van der Waals surface area contributed by atoms with Crippen LogP contribution in [0.2, 0.25) is 0 Å². The Labute approximate surface area is 196 Å². The predicted octanol–water partition coefficient (Wildman–Crippen LogP) is 5.93. The van der Waals surface area contributed by atoms with Crippen LogP contribution in [-0.4, -0.2) is 36.4 Å². The first-order valence-electron chi connectivity index (χ1n) is 11.0. The van der Waals surface area contributed by atoms with Crippen molar-refractivity contribution in [1.29, 1.82) is 0 Å². The summed E-state index contributed by atoms with van der Waals surface area (Å²) in [5.74, 6) is -2.26. The Morgan fingerprint density at radius 3 is 2.50 bits per heavy atom. The number of aryl methyl sites for hydroxylation is 1. The number of hydrogen-bond acceptors (Lipinski definition) is 6. The molecule has 0 amide bonds. The largest absolute Gasteiger partial charge is 0.493 e. The van der Waals surface area contributed by atoms with Crippen LogP contribution >= 0.6 is 0 Å². The molecule has 1 aromatic heterocycles. The number of aromatic nitrogens is 2. The van der Waals surface area contributed by atoms with Crippen molar-refractivity contribution in [2.45, 2.75) is 51.2 Å². The fourth-order valence-electron chi connectivity index (χ4n) is 4.02. The number of fused-ring (bicyclic) bond motifs is 1. The second-order valence-corrected chi connectivity index (χ2v) is 8.82. The lowest BCUT2D eigenvalue weighted by Gasteiger charge is -2.22. The molecule has 3 aromatic rings. The molecule has 2 aromatic carbocycles. The SMILES string of the molecule is COCC1(Oc2cc3c(N[C@H](C)c4cccc(C(C)(F)F)c4F)nc(C)nc3cc2OC)CC1. The number of ether oxygens (including phenoxy) is 3. The summed E-state index contributed by atoms with van der Waals surface area (Å²) in [4.78, 5) is 8.99. The Hall–Kier alpha value is -3.07. The van der Waals surface area contributed by atoms with Gasteiger partial charge in [0, 0.05) is 31.0 Å². The molecule has 0 saturated heterocycles. The number of methoxy groups -OCH3 is 2. The van der Waals surface area contributed by atoms with Gasteiger partial charge in [-0.2, -0.15) is 0 Å². The highest BCUT2D eigenvalue weighted by atomic mass is 19.3. The Bertz CT molecular complexity index is 1210. The third kappa shape index (κ3) is 4.75. The molecule has 0 unspecified atom stereocenters. The number of halogens is 3. The summed E-state index contributed by atoms with van der Waals surface area (Å²) in [6.45, 7) is 4.57. The van der Waals surface area contributed by atoms with Crippen molar-refractivity contribution in [1.82, 2.24) is 9.97 Å². The summed E-state index contributed by atoms with van der Waals surface area (Å²) in [6, 6.07) is 6.91. The van der Waals surface area contributed by atoms with E-state index in [1.165, 1.54) is 12.1 Å². The third-order valence-electron chi connectivity index (χ3n) is 5.96. The van der Waals surface area contributed by atoms with Gasteiger partial charge in [-0.15, -0.1) is 0 Å². The van der Waals surface area contributed by atoms with E-state index in [-0.39, 0.29) is 5.56 Å². The Morgan fingerprint density at radius 2 is 1.88 bits per heavy atom. The van der Waals surface area contributed by atoms with E-state index in [1.54, 1.807) is 40.2 Å². The van der Waals surface area contributed by atoms with Gasteiger partial charge >= 0.3 is 0 Å². The summed E-state index contributed by atoms with van der Waals surface area (Å²) in [6.07, 6.45) is 1.73. The average molecular weight is 476 g/mol. The van der Waals surface area contributed by atoms with Crippen molar-refractivity contribution in [3.63, 3.8) is 0 Å². The standard InChI is InChI=1S/C25H28F3N3O3/c1-14(16-7-6-8-18(22(16)26)24(3,27)28)29-23-17-11-21(34-25(9-10-25)13-32-4)20(33-5)12-19(17)30-15(2)31-23/h6-8,11-12,14H,9-10,13H2,1-5H3,(H,29,30,31)/t14-/m1/s1. The zero-order valence-corrected chi connectivity index (χ0v) is 19.8. The van der Waals surface area contributed by atoms with E-state index in [9.17, 15) is 13.2 Å². The van der Waals surface area contributed by atoms with Gasteiger partial charge in [0.15, 0.2) is 11.5 Å². The first-order chi connectivity index (χ1) is 16.1. The molecule has 4 rings (SSSR count). The van der Waals surface area contributed by atoms with Gasteiger partial charge in [-0.25, -0.2) is 23.1 Å². The maximum atomic E-state index is 14.9.